The highest BCUT2D eigenvalue weighted by Crippen LogP contribution is 2.28. The second-order valence-corrected chi connectivity index (χ2v) is 6.76. The summed E-state index contributed by atoms with van der Waals surface area (Å²) in [5.41, 5.74) is 4.23. The molecule has 4 aromatic rings. The molecule has 4 aromatic heterocycles. The van der Waals surface area contributed by atoms with E-state index in [1.807, 2.05) is 13.0 Å². The Labute approximate surface area is 165 Å². The second kappa shape index (κ2) is 7.13. The normalized spacial score (nSPS) is 13.4. The first-order valence-corrected chi connectivity index (χ1v) is 9.26. The van der Waals surface area contributed by atoms with Gasteiger partial charge >= 0.3 is 0 Å². The summed E-state index contributed by atoms with van der Waals surface area (Å²) in [5, 5.41) is 20.1. The number of rotatable bonds is 5. The van der Waals surface area contributed by atoms with Crippen molar-refractivity contribution in [3.8, 4) is 23.1 Å². The van der Waals surface area contributed by atoms with Crippen molar-refractivity contribution in [1.29, 1.82) is 0 Å². The monoisotopic (exact) mass is 393 g/mol. The molecule has 5 heterocycles. The van der Waals surface area contributed by atoms with E-state index in [2.05, 4.69) is 31.8 Å². The molecule has 1 N–H and O–H groups in total. The van der Waals surface area contributed by atoms with E-state index in [9.17, 15) is 0 Å². The molecule has 5 rings (SSSR count). The minimum Gasteiger partial charge on any atom is -0.491 e. The zero-order valence-corrected chi connectivity index (χ0v) is 16.0. The molecule has 29 heavy (non-hydrogen) atoms. The molecule has 0 fully saturated rings. The zero-order chi connectivity index (χ0) is 19.8. The van der Waals surface area contributed by atoms with E-state index < -0.39 is 0 Å². The van der Waals surface area contributed by atoms with Crippen LogP contribution in [0.3, 0.4) is 0 Å². The summed E-state index contributed by atoms with van der Waals surface area (Å²) in [5.74, 6) is 1.92. The maximum absolute atomic E-state index is 5.94. The number of hydrogen-bond acceptors (Lipinski definition) is 9. The highest BCUT2D eigenvalue weighted by Gasteiger charge is 2.18. The van der Waals surface area contributed by atoms with Gasteiger partial charge in [-0.3, -0.25) is 4.98 Å². The molecule has 0 saturated heterocycles. The van der Waals surface area contributed by atoms with Crippen LogP contribution in [0.2, 0.25) is 0 Å². The molecule has 0 amide bonds. The summed E-state index contributed by atoms with van der Waals surface area (Å²) in [7, 11) is 1.56. The van der Waals surface area contributed by atoms with Crippen LogP contribution in [0.1, 0.15) is 22.7 Å². The first-order valence-electron chi connectivity index (χ1n) is 9.26. The number of aromatic nitrogens is 6. The number of fused-ring (bicyclic) bond motifs is 2. The van der Waals surface area contributed by atoms with Gasteiger partial charge in [0.25, 0.3) is 5.88 Å². The van der Waals surface area contributed by atoms with Crippen molar-refractivity contribution >= 4 is 5.65 Å². The molecular formula is C19H19N7O3. The van der Waals surface area contributed by atoms with Gasteiger partial charge in [0.15, 0.2) is 17.1 Å². The van der Waals surface area contributed by atoms with Crippen molar-refractivity contribution < 1.29 is 14.0 Å². The molecule has 0 spiro atoms. The van der Waals surface area contributed by atoms with Crippen LogP contribution in [-0.4, -0.2) is 43.6 Å². The lowest BCUT2D eigenvalue weighted by Gasteiger charge is -2.17. The number of nitrogens with zero attached hydrogens (tertiary/aromatic N) is 6. The van der Waals surface area contributed by atoms with Crippen molar-refractivity contribution in [3.63, 3.8) is 0 Å². The second-order valence-electron chi connectivity index (χ2n) is 6.76. The van der Waals surface area contributed by atoms with E-state index in [1.165, 1.54) is 5.56 Å². The van der Waals surface area contributed by atoms with Crippen LogP contribution >= 0.6 is 0 Å². The smallest absolute Gasteiger partial charge is 0.275 e. The topological polar surface area (TPSA) is 112 Å². The molecule has 0 unspecified atom stereocenters. The minimum absolute atomic E-state index is 0.267. The van der Waals surface area contributed by atoms with Crippen LogP contribution in [0, 0.1) is 6.92 Å². The van der Waals surface area contributed by atoms with Crippen LogP contribution in [0.15, 0.2) is 28.8 Å². The van der Waals surface area contributed by atoms with Crippen LogP contribution in [0.4, 0.5) is 0 Å². The molecule has 0 atom stereocenters. The van der Waals surface area contributed by atoms with E-state index in [0.717, 1.165) is 30.9 Å². The van der Waals surface area contributed by atoms with Crippen molar-refractivity contribution in [2.24, 2.45) is 0 Å². The Morgan fingerprint density at radius 1 is 1.24 bits per heavy atom. The number of hydrogen-bond donors (Lipinski definition) is 1. The standard InChI is InChI=1S/C19H19N7O3/c1-11-7-14(25-29-11)18-23-22-17-8-16(27-2)19(24-26(17)18)28-10-13-4-3-12-5-6-20-9-15(12)21-13/h3-4,7-8,20H,5-6,9-10H2,1-2H3. The third kappa shape index (κ3) is 3.27. The lowest BCUT2D eigenvalue weighted by atomic mass is 10.1. The molecule has 1 aliphatic rings. The van der Waals surface area contributed by atoms with Gasteiger partial charge in [-0.05, 0) is 31.5 Å². The Balaban J connectivity index is 1.45. The maximum atomic E-state index is 5.94. The van der Waals surface area contributed by atoms with Gasteiger partial charge in [0.2, 0.25) is 5.82 Å². The largest absolute Gasteiger partial charge is 0.491 e. The van der Waals surface area contributed by atoms with Gasteiger partial charge in [0.1, 0.15) is 12.4 Å². The first kappa shape index (κ1) is 17.6. The molecule has 1 aliphatic heterocycles. The summed E-state index contributed by atoms with van der Waals surface area (Å²) >= 11 is 0. The third-order valence-electron chi connectivity index (χ3n) is 4.75. The molecule has 0 radical (unpaired) electrons. The summed E-state index contributed by atoms with van der Waals surface area (Å²) in [6, 6.07) is 7.59. The molecule has 0 aliphatic carbocycles. The minimum atomic E-state index is 0.267. The van der Waals surface area contributed by atoms with Gasteiger partial charge in [-0.1, -0.05) is 11.2 Å². The molecule has 0 bridgehead atoms. The Kier molecular flexibility index (Phi) is 4.32. The lowest BCUT2D eigenvalue weighted by molar-refractivity contribution is 0.264. The molecule has 10 heteroatoms. The fraction of sp³-hybridized carbons (Fsp3) is 0.316. The van der Waals surface area contributed by atoms with Crippen molar-refractivity contribution in [3.05, 3.63) is 47.0 Å². The fourth-order valence-electron chi connectivity index (χ4n) is 3.29. The van der Waals surface area contributed by atoms with E-state index >= 15 is 0 Å². The highest BCUT2D eigenvalue weighted by molar-refractivity contribution is 5.56. The Morgan fingerprint density at radius 2 is 2.17 bits per heavy atom. The SMILES string of the molecule is COc1cc2nnc(-c3cc(C)on3)n2nc1OCc1ccc2c(n1)CNCC2. The summed E-state index contributed by atoms with van der Waals surface area (Å²) in [4.78, 5) is 4.69. The lowest BCUT2D eigenvalue weighted by Crippen LogP contribution is -2.25. The number of nitrogens with one attached hydrogen (secondary N) is 1. The third-order valence-corrected chi connectivity index (χ3v) is 4.75. The van der Waals surface area contributed by atoms with Gasteiger partial charge in [0, 0.05) is 18.7 Å². The van der Waals surface area contributed by atoms with Gasteiger partial charge in [-0.25, -0.2) is 0 Å². The highest BCUT2D eigenvalue weighted by atomic mass is 16.5. The molecular weight excluding hydrogens is 374 g/mol. The van der Waals surface area contributed by atoms with Gasteiger partial charge in [0.05, 0.1) is 18.5 Å². The summed E-state index contributed by atoms with van der Waals surface area (Å²) < 4.78 is 18.0. The van der Waals surface area contributed by atoms with E-state index in [0.29, 0.717) is 34.6 Å². The maximum Gasteiger partial charge on any atom is 0.275 e. The van der Waals surface area contributed by atoms with Crippen LogP contribution in [0.5, 0.6) is 11.6 Å². The van der Waals surface area contributed by atoms with Gasteiger partial charge < -0.3 is 19.3 Å². The number of pyridine rings is 1. The zero-order valence-electron chi connectivity index (χ0n) is 16.0. The number of methoxy groups -OCH3 is 1. The van der Waals surface area contributed by atoms with Gasteiger partial charge in [-0.2, -0.15) is 4.52 Å². The van der Waals surface area contributed by atoms with Crippen molar-refractivity contribution in [2.45, 2.75) is 26.5 Å². The first-order chi connectivity index (χ1) is 14.2. The predicted octanol–water partition coefficient (Wildman–Crippen LogP) is 1.72. The van der Waals surface area contributed by atoms with Crippen LogP contribution in [-0.2, 0) is 19.6 Å². The Hall–Kier alpha value is -3.53. The predicted molar refractivity (Wildman–Crippen MR) is 102 cm³/mol. The van der Waals surface area contributed by atoms with Crippen LogP contribution < -0.4 is 14.8 Å². The average molecular weight is 393 g/mol. The van der Waals surface area contributed by atoms with Gasteiger partial charge in [-0.15, -0.1) is 15.3 Å². The Morgan fingerprint density at radius 3 is 3.00 bits per heavy atom. The molecule has 10 nitrogen and oxygen atoms in total. The van der Waals surface area contributed by atoms with Crippen molar-refractivity contribution in [1.82, 2.24) is 35.3 Å². The van der Waals surface area contributed by atoms with Crippen LogP contribution in [0.25, 0.3) is 17.2 Å². The van der Waals surface area contributed by atoms with E-state index in [4.69, 9.17) is 19.0 Å². The quantitative estimate of drug-likeness (QED) is 0.541. The molecule has 0 aromatic carbocycles. The van der Waals surface area contributed by atoms with E-state index in [1.54, 1.807) is 23.8 Å². The van der Waals surface area contributed by atoms with E-state index in [-0.39, 0.29) is 6.61 Å². The number of aryl methyl sites for hydroxylation is 1. The number of ether oxygens (including phenoxy) is 2. The molecule has 148 valence electrons. The Bertz CT molecular complexity index is 1180. The summed E-state index contributed by atoms with van der Waals surface area (Å²) in [6.07, 6.45) is 0.993. The average Bonchev–Trinajstić information content (AvgIpc) is 3.36. The fourth-order valence-corrected chi connectivity index (χ4v) is 3.29. The molecule has 0 saturated carbocycles. The summed E-state index contributed by atoms with van der Waals surface area (Å²) in [6.45, 7) is 3.84. The van der Waals surface area contributed by atoms with Crippen molar-refractivity contribution in [2.75, 3.05) is 13.7 Å².